The molecule has 1 saturated heterocycles. The van der Waals surface area contributed by atoms with Gasteiger partial charge in [-0.3, -0.25) is 9.69 Å². The van der Waals surface area contributed by atoms with Crippen molar-refractivity contribution in [3.63, 3.8) is 0 Å². The molecule has 0 aromatic heterocycles. The van der Waals surface area contributed by atoms with Crippen LogP contribution in [-0.4, -0.2) is 57.3 Å². The normalized spacial score (nSPS) is 19.6. The zero-order valence-corrected chi connectivity index (χ0v) is 18.7. The van der Waals surface area contributed by atoms with E-state index in [2.05, 4.69) is 4.90 Å². The molecule has 2 aliphatic rings. The zero-order valence-electron chi connectivity index (χ0n) is 17.9. The maximum atomic E-state index is 14.0. The van der Waals surface area contributed by atoms with Crippen LogP contribution in [0.4, 0.5) is 10.1 Å². The van der Waals surface area contributed by atoms with E-state index in [9.17, 15) is 17.6 Å². The molecule has 2 aliphatic heterocycles. The Hall–Kier alpha value is -2.29. The first kappa shape index (κ1) is 21.9. The topological polar surface area (TPSA) is 60.9 Å². The third-order valence-electron chi connectivity index (χ3n) is 6.20. The summed E-state index contributed by atoms with van der Waals surface area (Å²) in [6.07, 6.45) is 2.35. The molecule has 0 spiro atoms. The second kappa shape index (κ2) is 8.68. The van der Waals surface area contributed by atoms with Gasteiger partial charge in [-0.1, -0.05) is 18.2 Å². The SMILES string of the molecule is CN(C)S(=O)(=O)c1ccc2c(c1)CCN2C(=O)C1CCCN(Cc2ccccc2F)C1. The summed E-state index contributed by atoms with van der Waals surface area (Å²) in [5, 5.41) is 0. The first-order valence-electron chi connectivity index (χ1n) is 10.6. The van der Waals surface area contributed by atoms with Gasteiger partial charge in [-0.2, -0.15) is 0 Å². The van der Waals surface area contributed by atoms with E-state index in [0.717, 1.165) is 30.6 Å². The average molecular weight is 446 g/mol. The Morgan fingerprint density at radius 3 is 2.68 bits per heavy atom. The molecule has 4 rings (SSSR count). The maximum absolute atomic E-state index is 14.0. The van der Waals surface area contributed by atoms with Gasteiger partial charge in [0, 0.05) is 45.0 Å². The van der Waals surface area contributed by atoms with E-state index >= 15 is 0 Å². The molecule has 1 fully saturated rings. The lowest BCUT2D eigenvalue weighted by Gasteiger charge is -2.34. The molecule has 2 aromatic rings. The number of benzene rings is 2. The highest BCUT2D eigenvalue weighted by atomic mass is 32.2. The summed E-state index contributed by atoms with van der Waals surface area (Å²) in [4.78, 5) is 17.5. The van der Waals surface area contributed by atoms with Gasteiger partial charge in [-0.15, -0.1) is 0 Å². The molecule has 0 radical (unpaired) electrons. The number of rotatable bonds is 5. The predicted octanol–water partition coefficient (Wildman–Crippen LogP) is 2.88. The number of nitrogens with zero attached hydrogens (tertiary/aromatic N) is 3. The van der Waals surface area contributed by atoms with Crippen molar-refractivity contribution in [1.82, 2.24) is 9.21 Å². The number of carbonyl (C=O) groups excluding carboxylic acids is 1. The summed E-state index contributed by atoms with van der Waals surface area (Å²) in [5.41, 5.74) is 2.33. The van der Waals surface area contributed by atoms with Crippen LogP contribution in [0, 0.1) is 11.7 Å². The third-order valence-corrected chi connectivity index (χ3v) is 8.01. The first-order valence-corrected chi connectivity index (χ1v) is 12.0. The average Bonchev–Trinajstić information content (AvgIpc) is 3.18. The summed E-state index contributed by atoms with van der Waals surface area (Å²) >= 11 is 0. The number of hydrogen-bond donors (Lipinski definition) is 0. The molecule has 1 amide bonds. The smallest absolute Gasteiger partial charge is 0.242 e. The lowest BCUT2D eigenvalue weighted by Crippen LogP contribution is -2.44. The van der Waals surface area contributed by atoms with Crippen molar-refractivity contribution >= 4 is 21.6 Å². The quantitative estimate of drug-likeness (QED) is 0.710. The number of carbonyl (C=O) groups is 1. The summed E-state index contributed by atoms with van der Waals surface area (Å²) in [5.74, 6) is -0.287. The van der Waals surface area contributed by atoms with Crippen LogP contribution in [0.5, 0.6) is 0 Å². The number of halogens is 1. The molecule has 2 heterocycles. The summed E-state index contributed by atoms with van der Waals surface area (Å²) < 4.78 is 40.1. The molecule has 8 heteroatoms. The van der Waals surface area contributed by atoms with Gasteiger partial charge in [0.1, 0.15) is 5.82 Å². The molecule has 166 valence electrons. The predicted molar refractivity (Wildman–Crippen MR) is 118 cm³/mol. The van der Waals surface area contributed by atoms with Crippen LogP contribution in [0.1, 0.15) is 24.0 Å². The lowest BCUT2D eigenvalue weighted by molar-refractivity contribution is -0.124. The molecule has 1 unspecified atom stereocenters. The number of amides is 1. The van der Waals surface area contributed by atoms with Crippen LogP contribution in [0.15, 0.2) is 47.4 Å². The van der Waals surface area contributed by atoms with Gasteiger partial charge in [0.2, 0.25) is 15.9 Å². The van der Waals surface area contributed by atoms with Crippen molar-refractivity contribution < 1.29 is 17.6 Å². The standard InChI is InChI=1S/C23H28FN3O3S/c1-25(2)31(29,30)20-9-10-22-17(14-20)11-13-27(22)23(28)19-7-5-12-26(16-19)15-18-6-3-4-8-21(18)24/h3-4,6,8-10,14,19H,5,7,11-13,15-16H2,1-2H3. The molecule has 2 aromatic carbocycles. The van der Waals surface area contributed by atoms with E-state index < -0.39 is 10.0 Å². The number of hydrogen-bond acceptors (Lipinski definition) is 4. The fraction of sp³-hybridized carbons (Fsp3) is 0.435. The van der Waals surface area contributed by atoms with Crippen molar-refractivity contribution in [2.24, 2.45) is 5.92 Å². The Morgan fingerprint density at radius 2 is 1.94 bits per heavy atom. The minimum Gasteiger partial charge on any atom is -0.312 e. The van der Waals surface area contributed by atoms with Crippen LogP contribution in [0.3, 0.4) is 0 Å². The van der Waals surface area contributed by atoms with Gasteiger partial charge in [-0.25, -0.2) is 17.1 Å². The van der Waals surface area contributed by atoms with E-state index in [1.54, 1.807) is 35.2 Å². The van der Waals surface area contributed by atoms with Crippen LogP contribution in [-0.2, 0) is 27.8 Å². The van der Waals surface area contributed by atoms with E-state index in [-0.39, 0.29) is 22.5 Å². The number of sulfonamides is 1. The number of fused-ring (bicyclic) bond motifs is 1. The van der Waals surface area contributed by atoms with E-state index in [1.165, 1.54) is 24.5 Å². The third kappa shape index (κ3) is 4.37. The molecular formula is C23H28FN3O3S. The van der Waals surface area contributed by atoms with Gasteiger partial charge >= 0.3 is 0 Å². The minimum absolute atomic E-state index is 0.0696. The van der Waals surface area contributed by atoms with Crippen LogP contribution in [0.2, 0.25) is 0 Å². The van der Waals surface area contributed by atoms with Crippen LogP contribution in [0.25, 0.3) is 0 Å². The van der Waals surface area contributed by atoms with Crippen molar-refractivity contribution in [2.75, 3.05) is 38.6 Å². The van der Waals surface area contributed by atoms with Gasteiger partial charge in [0.05, 0.1) is 10.8 Å². The van der Waals surface area contributed by atoms with E-state index in [1.807, 2.05) is 6.07 Å². The van der Waals surface area contributed by atoms with Gasteiger partial charge in [0.15, 0.2) is 0 Å². The molecule has 31 heavy (non-hydrogen) atoms. The Morgan fingerprint density at radius 1 is 1.16 bits per heavy atom. The summed E-state index contributed by atoms with van der Waals surface area (Å²) in [6.45, 7) is 2.51. The van der Waals surface area contributed by atoms with Gasteiger partial charge in [0.25, 0.3) is 0 Å². The summed E-state index contributed by atoms with van der Waals surface area (Å²) in [7, 11) is -0.488. The molecule has 0 aliphatic carbocycles. The molecule has 0 saturated carbocycles. The van der Waals surface area contributed by atoms with Crippen molar-refractivity contribution in [3.8, 4) is 0 Å². The molecule has 1 atom stereocenters. The van der Waals surface area contributed by atoms with E-state index in [4.69, 9.17) is 0 Å². The molecule has 0 N–H and O–H groups in total. The van der Waals surface area contributed by atoms with Crippen LogP contribution < -0.4 is 4.90 Å². The molecule has 0 bridgehead atoms. The fourth-order valence-corrected chi connectivity index (χ4v) is 5.42. The monoisotopic (exact) mass is 445 g/mol. The summed E-state index contributed by atoms with van der Waals surface area (Å²) in [6, 6.07) is 11.8. The number of piperidine rings is 1. The number of likely N-dealkylation sites (tertiary alicyclic amines) is 1. The maximum Gasteiger partial charge on any atom is 0.242 e. The number of anilines is 1. The zero-order chi connectivity index (χ0) is 22.2. The highest BCUT2D eigenvalue weighted by Crippen LogP contribution is 2.33. The highest BCUT2D eigenvalue weighted by molar-refractivity contribution is 7.89. The first-order chi connectivity index (χ1) is 14.8. The van der Waals surface area contributed by atoms with Crippen molar-refractivity contribution in [3.05, 3.63) is 59.4 Å². The highest BCUT2D eigenvalue weighted by Gasteiger charge is 2.34. The van der Waals surface area contributed by atoms with E-state index in [0.29, 0.717) is 31.6 Å². The largest absolute Gasteiger partial charge is 0.312 e. The Bertz CT molecular complexity index is 1090. The van der Waals surface area contributed by atoms with Crippen molar-refractivity contribution in [1.29, 1.82) is 0 Å². The van der Waals surface area contributed by atoms with Gasteiger partial charge in [-0.05, 0) is 55.6 Å². The Kier molecular flexibility index (Phi) is 6.14. The van der Waals surface area contributed by atoms with Gasteiger partial charge < -0.3 is 4.90 Å². The lowest BCUT2D eigenvalue weighted by atomic mass is 9.96. The fourth-order valence-electron chi connectivity index (χ4n) is 4.47. The molecular weight excluding hydrogens is 417 g/mol. The minimum atomic E-state index is -3.50. The van der Waals surface area contributed by atoms with Crippen LogP contribution >= 0.6 is 0 Å². The second-order valence-corrected chi connectivity index (χ2v) is 10.6. The molecule has 6 nitrogen and oxygen atoms in total. The van der Waals surface area contributed by atoms with Crippen molar-refractivity contribution in [2.45, 2.75) is 30.7 Å². The second-order valence-electron chi connectivity index (χ2n) is 8.48. The Labute approximate surface area is 183 Å². The Balaban J connectivity index is 1.48.